The molecule has 122 valence electrons. The number of carbonyl (C=O) groups excluding carboxylic acids is 1. The molecule has 5 nitrogen and oxygen atoms in total. The summed E-state index contributed by atoms with van der Waals surface area (Å²) in [6.45, 7) is 6.56. The normalized spacial score (nSPS) is 16.5. The van der Waals surface area contributed by atoms with Crippen LogP contribution in [0.15, 0.2) is 16.7 Å². The van der Waals surface area contributed by atoms with Gasteiger partial charge in [0.15, 0.2) is 5.82 Å². The van der Waals surface area contributed by atoms with Crippen LogP contribution in [0.2, 0.25) is 0 Å². The largest absolute Gasteiger partial charge is 0.472 e. The molecule has 1 aliphatic heterocycles. The molecule has 0 N–H and O–H groups in total. The molecule has 2 heterocycles. The minimum atomic E-state index is -0.505. The number of amides is 1. The Bertz CT molecular complexity index is 540. The number of nitrogens with zero attached hydrogens (tertiary/aromatic N) is 2. The highest BCUT2D eigenvalue weighted by molar-refractivity contribution is 9.10. The van der Waals surface area contributed by atoms with Gasteiger partial charge in [0, 0.05) is 36.6 Å². The van der Waals surface area contributed by atoms with Crippen molar-refractivity contribution in [3.63, 3.8) is 0 Å². The number of ether oxygens (including phenoxy) is 2. The zero-order chi connectivity index (χ0) is 16.3. The van der Waals surface area contributed by atoms with Gasteiger partial charge in [-0.05, 0) is 42.8 Å². The van der Waals surface area contributed by atoms with E-state index >= 15 is 0 Å². The van der Waals surface area contributed by atoms with Crippen LogP contribution in [-0.2, 0) is 4.74 Å². The van der Waals surface area contributed by atoms with Gasteiger partial charge in [0.1, 0.15) is 11.7 Å². The first-order chi connectivity index (χ1) is 10.2. The van der Waals surface area contributed by atoms with E-state index in [0.29, 0.717) is 30.4 Å². The number of aromatic nitrogens is 1. The number of halogens is 2. The Balaban J connectivity index is 1.86. The van der Waals surface area contributed by atoms with Crippen LogP contribution in [0.5, 0.6) is 5.88 Å². The minimum Gasteiger partial charge on any atom is -0.472 e. The van der Waals surface area contributed by atoms with Gasteiger partial charge in [-0.15, -0.1) is 0 Å². The first-order valence-corrected chi connectivity index (χ1v) is 7.99. The highest BCUT2D eigenvalue weighted by Gasteiger charge is 2.28. The molecular weight excluding hydrogens is 355 g/mol. The number of likely N-dealkylation sites (tertiary alicyclic amines) is 1. The summed E-state index contributed by atoms with van der Waals surface area (Å²) < 4.78 is 25.2. The predicted molar refractivity (Wildman–Crippen MR) is 83.4 cm³/mol. The number of piperidine rings is 1. The molecule has 0 aliphatic carbocycles. The van der Waals surface area contributed by atoms with Gasteiger partial charge < -0.3 is 14.4 Å². The second kappa shape index (κ2) is 6.81. The number of hydrogen-bond acceptors (Lipinski definition) is 4. The molecule has 1 amide bonds. The molecule has 7 heteroatoms. The Labute approximate surface area is 137 Å². The molecule has 0 aromatic carbocycles. The fourth-order valence-corrected chi connectivity index (χ4v) is 2.43. The molecule has 1 aromatic heterocycles. The number of hydrogen-bond donors (Lipinski definition) is 0. The van der Waals surface area contributed by atoms with E-state index in [1.165, 1.54) is 12.3 Å². The molecule has 0 spiro atoms. The van der Waals surface area contributed by atoms with Crippen molar-refractivity contribution in [2.24, 2.45) is 0 Å². The zero-order valence-corrected chi connectivity index (χ0v) is 14.5. The number of rotatable bonds is 2. The van der Waals surface area contributed by atoms with Crippen LogP contribution in [0.1, 0.15) is 33.6 Å². The molecule has 0 bridgehead atoms. The molecule has 0 saturated carbocycles. The van der Waals surface area contributed by atoms with Gasteiger partial charge in [-0.1, -0.05) is 0 Å². The van der Waals surface area contributed by atoms with Gasteiger partial charge in [-0.25, -0.2) is 14.2 Å². The fourth-order valence-electron chi connectivity index (χ4n) is 2.13. The van der Waals surface area contributed by atoms with Crippen molar-refractivity contribution in [2.45, 2.75) is 45.3 Å². The molecule has 1 fully saturated rings. The second-order valence-electron chi connectivity index (χ2n) is 6.23. The Morgan fingerprint density at radius 2 is 2.05 bits per heavy atom. The van der Waals surface area contributed by atoms with Crippen LogP contribution < -0.4 is 4.74 Å². The Morgan fingerprint density at radius 3 is 2.59 bits per heavy atom. The lowest BCUT2D eigenvalue weighted by Crippen LogP contribution is -2.44. The standard InChI is InChI=1S/C15H20BrFN2O3/c1-15(2,3)22-14(20)19-6-4-11(5-7-19)21-13-12(17)8-10(16)9-18-13/h8-9,11H,4-7H2,1-3H3. The molecule has 1 aliphatic rings. The van der Waals surface area contributed by atoms with Crippen molar-refractivity contribution in [3.05, 3.63) is 22.6 Å². The van der Waals surface area contributed by atoms with Crippen LogP contribution in [0.3, 0.4) is 0 Å². The van der Waals surface area contributed by atoms with Crippen LogP contribution in [0.25, 0.3) is 0 Å². The van der Waals surface area contributed by atoms with Gasteiger partial charge >= 0.3 is 6.09 Å². The quantitative estimate of drug-likeness (QED) is 0.790. The van der Waals surface area contributed by atoms with Crippen LogP contribution in [0.4, 0.5) is 9.18 Å². The number of pyridine rings is 1. The summed E-state index contributed by atoms with van der Waals surface area (Å²) in [5.74, 6) is -0.497. The van der Waals surface area contributed by atoms with Gasteiger partial charge in [-0.2, -0.15) is 0 Å². The summed E-state index contributed by atoms with van der Waals surface area (Å²) in [4.78, 5) is 17.5. The molecule has 0 radical (unpaired) electrons. The van der Waals surface area contributed by atoms with Crippen molar-refractivity contribution in [1.29, 1.82) is 0 Å². The molecule has 2 rings (SSSR count). The number of carbonyl (C=O) groups is 1. The van der Waals surface area contributed by atoms with E-state index in [-0.39, 0.29) is 18.1 Å². The van der Waals surface area contributed by atoms with Crippen LogP contribution in [-0.4, -0.2) is 40.8 Å². The highest BCUT2D eigenvalue weighted by Crippen LogP contribution is 2.23. The summed E-state index contributed by atoms with van der Waals surface area (Å²) in [6, 6.07) is 1.32. The third kappa shape index (κ3) is 4.83. The topological polar surface area (TPSA) is 51.7 Å². The van der Waals surface area contributed by atoms with E-state index in [1.807, 2.05) is 20.8 Å². The predicted octanol–water partition coefficient (Wildman–Crippen LogP) is 3.76. The highest BCUT2D eigenvalue weighted by atomic mass is 79.9. The molecular formula is C15H20BrFN2O3. The summed E-state index contributed by atoms with van der Waals surface area (Å²) in [6.07, 6.45) is 2.27. The Kier molecular flexibility index (Phi) is 5.26. The average molecular weight is 375 g/mol. The summed E-state index contributed by atoms with van der Waals surface area (Å²) >= 11 is 3.15. The summed E-state index contributed by atoms with van der Waals surface area (Å²) in [5.41, 5.74) is -0.505. The minimum absolute atomic E-state index is 0.00100. The molecule has 1 saturated heterocycles. The lowest BCUT2D eigenvalue weighted by atomic mass is 10.1. The van der Waals surface area contributed by atoms with E-state index < -0.39 is 11.4 Å². The van der Waals surface area contributed by atoms with Crippen molar-refractivity contribution in [1.82, 2.24) is 9.88 Å². The van der Waals surface area contributed by atoms with Crippen LogP contribution >= 0.6 is 15.9 Å². The Morgan fingerprint density at radius 1 is 1.41 bits per heavy atom. The average Bonchev–Trinajstić information content (AvgIpc) is 2.41. The maximum atomic E-state index is 13.7. The zero-order valence-electron chi connectivity index (χ0n) is 12.9. The van der Waals surface area contributed by atoms with E-state index in [1.54, 1.807) is 4.90 Å². The van der Waals surface area contributed by atoms with Crippen molar-refractivity contribution in [2.75, 3.05) is 13.1 Å². The lowest BCUT2D eigenvalue weighted by molar-refractivity contribution is 0.0119. The maximum Gasteiger partial charge on any atom is 0.410 e. The monoisotopic (exact) mass is 374 g/mol. The molecule has 1 aromatic rings. The first-order valence-electron chi connectivity index (χ1n) is 7.20. The molecule has 22 heavy (non-hydrogen) atoms. The van der Waals surface area contributed by atoms with Gasteiger partial charge in [0.2, 0.25) is 0 Å². The van der Waals surface area contributed by atoms with E-state index in [9.17, 15) is 9.18 Å². The first kappa shape index (κ1) is 17.0. The SMILES string of the molecule is CC(C)(C)OC(=O)N1CCC(Oc2ncc(Br)cc2F)CC1. The molecule has 0 atom stereocenters. The third-order valence-electron chi connectivity index (χ3n) is 3.15. The van der Waals surface area contributed by atoms with Gasteiger partial charge in [0.05, 0.1) is 0 Å². The van der Waals surface area contributed by atoms with Gasteiger partial charge in [0.25, 0.3) is 5.88 Å². The second-order valence-corrected chi connectivity index (χ2v) is 7.14. The van der Waals surface area contributed by atoms with Crippen molar-refractivity contribution in [3.8, 4) is 5.88 Å². The lowest BCUT2D eigenvalue weighted by Gasteiger charge is -2.33. The smallest absolute Gasteiger partial charge is 0.410 e. The molecule has 0 unspecified atom stereocenters. The van der Waals surface area contributed by atoms with Crippen molar-refractivity contribution < 1.29 is 18.7 Å². The van der Waals surface area contributed by atoms with Gasteiger partial charge in [-0.3, -0.25) is 0 Å². The fraction of sp³-hybridized carbons (Fsp3) is 0.600. The summed E-state index contributed by atoms with van der Waals surface area (Å²) in [5, 5.41) is 0. The Hall–Kier alpha value is -1.37. The third-order valence-corrected chi connectivity index (χ3v) is 3.58. The van der Waals surface area contributed by atoms with Crippen LogP contribution in [0, 0.1) is 5.82 Å². The summed E-state index contributed by atoms with van der Waals surface area (Å²) in [7, 11) is 0. The van der Waals surface area contributed by atoms with E-state index in [4.69, 9.17) is 9.47 Å². The maximum absolute atomic E-state index is 13.7. The van der Waals surface area contributed by atoms with E-state index in [2.05, 4.69) is 20.9 Å². The van der Waals surface area contributed by atoms with Crippen molar-refractivity contribution >= 4 is 22.0 Å². The van der Waals surface area contributed by atoms with E-state index in [0.717, 1.165) is 0 Å².